The highest BCUT2D eigenvalue weighted by atomic mass is 16.2. The Balaban J connectivity index is 2.05. The number of nitrogens with zero attached hydrogens (tertiary/aromatic N) is 2. The minimum atomic E-state index is 0.0774. The summed E-state index contributed by atoms with van der Waals surface area (Å²) in [6.07, 6.45) is 2.22. The number of carbonyl (C=O) groups is 1. The van der Waals surface area contributed by atoms with E-state index in [-0.39, 0.29) is 5.91 Å². The summed E-state index contributed by atoms with van der Waals surface area (Å²) >= 11 is 0. The molecule has 1 unspecified atom stereocenters. The van der Waals surface area contributed by atoms with Crippen LogP contribution in [0.1, 0.15) is 28.8 Å². The molecule has 1 aliphatic heterocycles. The molecule has 0 radical (unpaired) electrons. The number of nitrogens with two attached hydrogens (primary N) is 1. The third-order valence-corrected chi connectivity index (χ3v) is 3.93. The molecule has 1 atom stereocenters. The highest BCUT2D eigenvalue weighted by Crippen LogP contribution is 2.16. The molecule has 0 aromatic heterocycles. The summed E-state index contributed by atoms with van der Waals surface area (Å²) < 4.78 is 0. The van der Waals surface area contributed by atoms with Gasteiger partial charge in [0.05, 0.1) is 6.54 Å². The summed E-state index contributed by atoms with van der Waals surface area (Å²) in [6, 6.07) is 7.72. The van der Waals surface area contributed by atoms with Crippen LogP contribution in [0.3, 0.4) is 0 Å². The lowest BCUT2D eigenvalue weighted by Crippen LogP contribution is -2.47. The molecule has 21 heavy (non-hydrogen) atoms. The van der Waals surface area contributed by atoms with Crippen LogP contribution in [0.15, 0.2) is 24.3 Å². The summed E-state index contributed by atoms with van der Waals surface area (Å²) in [5, 5.41) is 0. The van der Waals surface area contributed by atoms with Gasteiger partial charge in [-0.3, -0.25) is 4.79 Å². The third kappa shape index (κ3) is 4.07. The van der Waals surface area contributed by atoms with E-state index in [1.807, 2.05) is 36.2 Å². The predicted molar refractivity (Wildman–Crippen MR) is 85.0 cm³/mol. The van der Waals surface area contributed by atoms with Crippen LogP contribution in [0.25, 0.3) is 0 Å². The van der Waals surface area contributed by atoms with Gasteiger partial charge in [0.2, 0.25) is 0 Å². The average molecular weight is 285 g/mol. The van der Waals surface area contributed by atoms with Gasteiger partial charge in [0, 0.05) is 30.8 Å². The fourth-order valence-electron chi connectivity index (χ4n) is 2.67. The third-order valence-electron chi connectivity index (χ3n) is 3.93. The van der Waals surface area contributed by atoms with Crippen molar-refractivity contribution in [2.45, 2.75) is 18.9 Å². The molecule has 1 aliphatic rings. The zero-order chi connectivity index (χ0) is 15.2. The summed E-state index contributed by atoms with van der Waals surface area (Å²) in [5.74, 6) is 5.85. The van der Waals surface area contributed by atoms with E-state index in [4.69, 9.17) is 5.73 Å². The van der Waals surface area contributed by atoms with Gasteiger partial charge in [0.25, 0.3) is 5.91 Å². The van der Waals surface area contributed by atoms with Crippen LogP contribution in [0.5, 0.6) is 0 Å². The molecule has 112 valence electrons. The molecule has 1 heterocycles. The topological polar surface area (TPSA) is 49.6 Å². The van der Waals surface area contributed by atoms with Gasteiger partial charge in [0.15, 0.2) is 0 Å². The Morgan fingerprint density at radius 1 is 1.43 bits per heavy atom. The van der Waals surface area contributed by atoms with E-state index in [1.54, 1.807) is 0 Å². The first kappa shape index (κ1) is 15.6. The lowest BCUT2D eigenvalue weighted by molar-refractivity contribution is 0.0644. The van der Waals surface area contributed by atoms with Crippen LogP contribution >= 0.6 is 0 Å². The molecule has 0 spiro atoms. The molecule has 1 amide bonds. The van der Waals surface area contributed by atoms with Gasteiger partial charge in [-0.15, -0.1) is 0 Å². The second-order valence-corrected chi connectivity index (χ2v) is 5.56. The first-order chi connectivity index (χ1) is 10.1. The Hall–Kier alpha value is -1.83. The first-order valence-electron chi connectivity index (χ1n) is 7.36. The molecule has 1 aromatic carbocycles. The Kier molecular flexibility index (Phi) is 5.38. The van der Waals surface area contributed by atoms with E-state index < -0.39 is 0 Å². The minimum Gasteiger partial charge on any atom is -0.337 e. The van der Waals surface area contributed by atoms with Crippen molar-refractivity contribution >= 4 is 5.91 Å². The second-order valence-electron chi connectivity index (χ2n) is 5.56. The molecular formula is C17H23N3O. The maximum Gasteiger partial charge on any atom is 0.253 e. The standard InChI is InChI=1S/C17H23N3O/c1-19-12-4-6-16(13-19)20(2)17(21)15-9-7-14(8-10-15)5-3-11-18/h7-10,16H,4,6,11-13,18H2,1-2H3. The highest BCUT2D eigenvalue weighted by Gasteiger charge is 2.24. The van der Waals surface area contributed by atoms with E-state index in [9.17, 15) is 4.79 Å². The molecule has 4 nitrogen and oxygen atoms in total. The Morgan fingerprint density at radius 2 is 2.14 bits per heavy atom. The molecule has 1 aromatic rings. The van der Waals surface area contributed by atoms with Gasteiger partial charge in [-0.25, -0.2) is 0 Å². The van der Waals surface area contributed by atoms with Crippen LogP contribution in [-0.2, 0) is 0 Å². The zero-order valence-electron chi connectivity index (χ0n) is 12.8. The SMILES string of the molecule is CN1CCCC(N(C)C(=O)c2ccc(C#CCN)cc2)C1. The highest BCUT2D eigenvalue weighted by molar-refractivity contribution is 5.94. The van der Waals surface area contributed by atoms with Crippen molar-refractivity contribution in [3.8, 4) is 11.8 Å². The number of amides is 1. The lowest BCUT2D eigenvalue weighted by atomic mass is 10.0. The fraction of sp³-hybridized carbons (Fsp3) is 0.471. The van der Waals surface area contributed by atoms with Crippen molar-refractivity contribution < 1.29 is 4.79 Å². The smallest absolute Gasteiger partial charge is 0.253 e. The van der Waals surface area contributed by atoms with Gasteiger partial charge < -0.3 is 15.5 Å². The van der Waals surface area contributed by atoms with Crippen LogP contribution < -0.4 is 5.73 Å². The van der Waals surface area contributed by atoms with Crippen molar-refractivity contribution in [1.29, 1.82) is 0 Å². The molecule has 0 bridgehead atoms. The van der Waals surface area contributed by atoms with Gasteiger partial charge in [-0.1, -0.05) is 11.8 Å². The molecule has 1 saturated heterocycles. The number of carbonyl (C=O) groups excluding carboxylic acids is 1. The Morgan fingerprint density at radius 3 is 2.76 bits per heavy atom. The number of piperidine rings is 1. The van der Waals surface area contributed by atoms with Gasteiger partial charge in [0.1, 0.15) is 0 Å². The van der Waals surface area contributed by atoms with Crippen LogP contribution in [0, 0.1) is 11.8 Å². The zero-order valence-corrected chi connectivity index (χ0v) is 12.8. The Bertz CT molecular complexity index is 541. The summed E-state index contributed by atoms with van der Waals surface area (Å²) in [5.41, 5.74) is 6.95. The van der Waals surface area contributed by atoms with Gasteiger partial charge in [-0.2, -0.15) is 0 Å². The van der Waals surface area contributed by atoms with Crippen molar-refractivity contribution in [3.05, 3.63) is 35.4 Å². The monoisotopic (exact) mass is 285 g/mol. The van der Waals surface area contributed by atoms with E-state index >= 15 is 0 Å². The van der Waals surface area contributed by atoms with Crippen molar-refractivity contribution in [2.75, 3.05) is 33.7 Å². The van der Waals surface area contributed by atoms with Crippen LogP contribution in [0.2, 0.25) is 0 Å². The van der Waals surface area contributed by atoms with Gasteiger partial charge >= 0.3 is 0 Å². The van der Waals surface area contributed by atoms with Crippen LogP contribution in [0.4, 0.5) is 0 Å². The number of hydrogen-bond donors (Lipinski definition) is 1. The molecule has 0 aliphatic carbocycles. The maximum atomic E-state index is 12.5. The number of benzene rings is 1. The van der Waals surface area contributed by atoms with Crippen LogP contribution in [-0.4, -0.2) is 55.5 Å². The van der Waals surface area contributed by atoms with E-state index in [0.29, 0.717) is 18.2 Å². The maximum absolute atomic E-state index is 12.5. The quantitative estimate of drug-likeness (QED) is 0.830. The molecular weight excluding hydrogens is 262 g/mol. The minimum absolute atomic E-state index is 0.0774. The molecule has 2 rings (SSSR count). The summed E-state index contributed by atoms with van der Waals surface area (Å²) in [4.78, 5) is 16.7. The normalized spacial score (nSPS) is 18.7. The molecule has 0 saturated carbocycles. The summed E-state index contributed by atoms with van der Waals surface area (Å²) in [7, 11) is 4.00. The van der Waals surface area contributed by atoms with E-state index in [0.717, 1.165) is 31.5 Å². The second kappa shape index (κ2) is 7.26. The Labute approximate surface area is 126 Å². The van der Waals surface area contributed by atoms with Gasteiger partial charge in [-0.05, 0) is 50.7 Å². The first-order valence-corrected chi connectivity index (χ1v) is 7.36. The van der Waals surface area contributed by atoms with E-state index in [1.165, 1.54) is 0 Å². The fourth-order valence-corrected chi connectivity index (χ4v) is 2.67. The van der Waals surface area contributed by atoms with Crippen molar-refractivity contribution in [2.24, 2.45) is 5.73 Å². The number of hydrogen-bond acceptors (Lipinski definition) is 3. The number of likely N-dealkylation sites (N-methyl/N-ethyl adjacent to an activating group) is 2. The molecule has 4 heteroatoms. The number of likely N-dealkylation sites (tertiary alicyclic amines) is 1. The van der Waals surface area contributed by atoms with Crippen molar-refractivity contribution in [3.63, 3.8) is 0 Å². The molecule has 1 fully saturated rings. The predicted octanol–water partition coefficient (Wildman–Crippen LogP) is 1.16. The average Bonchev–Trinajstić information content (AvgIpc) is 2.52. The van der Waals surface area contributed by atoms with E-state index in [2.05, 4.69) is 23.8 Å². The summed E-state index contributed by atoms with van der Waals surface area (Å²) in [6.45, 7) is 2.41. The number of rotatable bonds is 2. The van der Waals surface area contributed by atoms with Crippen molar-refractivity contribution in [1.82, 2.24) is 9.80 Å². The largest absolute Gasteiger partial charge is 0.337 e. The lowest BCUT2D eigenvalue weighted by Gasteiger charge is -2.35. The molecule has 2 N–H and O–H groups in total.